The smallest absolute Gasteiger partial charge is 0.0163 e. The summed E-state index contributed by atoms with van der Waals surface area (Å²) in [5, 5.41) is 3.91. The maximum atomic E-state index is 3.91. The van der Waals surface area contributed by atoms with Crippen molar-refractivity contribution in [2.75, 3.05) is 6.54 Å². The molecule has 0 aromatic carbocycles. The molecule has 0 aromatic rings. The van der Waals surface area contributed by atoms with Crippen molar-refractivity contribution in [2.45, 2.75) is 39.2 Å². The van der Waals surface area contributed by atoms with E-state index in [1.165, 1.54) is 30.7 Å². The van der Waals surface area contributed by atoms with Crippen LogP contribution < -0.4 is 5.32 Å². The van der Waals surface area contributed by atoms with Crippen molar-refractivity contribution in [1.29, 1.82) is 0 Å². The fourth-order valence-electron chi connectivity index (χ4n) is 8.12. The molecule has 0 aromatic heterocycles. The number of nitrogens with one attached hydrogen (secondary N) is 1. The first kappa shape index (κ1) is 8.97. The average molecular weight is 217 g/mol. The molecular formula is C15H23N. The van der Waals surface area contributed by atoms with E-state index >= 15 is 0 Å². The molecule has 6 fully saturated rings. The maximum absolute atomic E-state index is 3.91. The van der Waals surface area contributed by atoms with Crippen molar-refractivity contribution in [3.8, 4) is 0 Å². The summed E-state index contributed by atoms with van der Waals surface area (Å²) < 4.78 is 0. The Morgan fingerprint density at radius 3 is 2.69 bits per heavy atom. The van der Waals surface area contributed by atoms with Gasteiger partial charge in [0.2, 0.25) is 0 Å². The van der Waals surface area contributed by atoms with Gasteiger partial charge >= 0.3 is 0 Å². The first-order chi connectivity index (χ1) is 7.84. The fraction of sp³-hybridized carbons (Fsp3) is 1.00. The summed E-state index contributed by atoms with van der Waals surface area (Å²) in [4.78, 5) is 0. The van der Waals surface area contributed by atoms with Gasteiger partial charge in [0.1, 0.15) is 0 Å². The lowest BCUT2D eigenvalue weighted by atomic mass is 9.62. The van der Waals surface area contributed by atoms with Crippen LogP contribution in [0.4, 0.5) is 0 Å². The van der Waals surface area contributed by atoms with E-state index in [0.717, 1.165) is 35.1 Å². The van der Waals surface area contributed by atoms with E-state index in [9.17, 15) is 0 Å². The van der Waals surface area contributed by atoms with Crippen LogP contribution in [0, 0.1) is 46.8 Å². The van der Waals surface area contributed by atoms with Gasteiger partial charge in [-0.3, -0.25) is 0 Å². The number of rotatable bonds is 3. The molecule has 6 saturated carbocycles. The van der Waals surface area contributed by atoms with Gasteiger partial charge in [-0.15, -0.1) is 0 Å². The van der Waals surface area contributed by atoms with Crippen LogP contribution in [0.2, 0.25) is 0 Å². The molecule has 88 valence electrons. The molecule has 0 heterocycles. The maximum Gasteiger partial charge on any atom is 0.0163 e. The van der Waals surface area contributed by atoms with E-state index in [1.807, 2.05) is 0 Å². The topological polar surface area (TPSA) is 12.0 Å². The highest BCUT2D eigenvalue weighted by atomic mass is 15.0. The van der Waals surface area contributed by atoms with Gasteiger partial charge in [-0.25, -0.2) is 0 Å². The first-order valence-electron chi connectivity index (χ1n) is 7.58. The second-order valence-electron chi connectivity index (χ2n) is 7.25. The third-order valence-corrected chi connectivity index (χ3v) is 7.75. The monoisotopic (exact) mass is 217 g/mol. The van der Waals surface area contributed by atoms with Gasteiger partial charge < -0.3 is 5.32 Å². The minimum Gasteiger partial charge on any atom is -0.313 e. The second-order valence-corrected chi connectivity index (χ2v) is 7.25. The lowest BCUT2D eigenvalue weighted by Crippen LogP contribution is -2.44. The van der Waals surface area contributed by atoms with Gasteiger partial charge in [0.25, 0.3) is 0 Å². The zero-order valence-electron chi connectivity index (χ0n) is 10.4. The molecule has 0 saturated heterocycles. The Morgan fingerprint density at radius 2 is 1.94 bits per heavy atom. The lowest BCUT2D eigenvalue weighted by Gasteiger charge is -2.43. The quantitative estimate of drug-likeness (QED) is 0.766. The zero-order chi connectivity index (χ0) is 10.7. The summed E-state index contributed by atoms with van der Waals surface area (Å²) >= 11 is 0. The SMILES string of the molecule is CCN[C@H]1[C@H]2C3C4C[C@H]2[C@H]2C4CC3C21CC. The van der Waals surface area contributed by atoms with Crippen molar-refractivity contribution < 1.29 is 0 Å². The lowest BCUT2D eigenvalue weighted by molar-refractivity contribution is 0.0466. The van der Waals surface area contributed by atoms with Crippen molar-refractivity contribution in [3.63, 3.8) is 0 Å². The molecule has 1 heteroatoms. The van der Waals surface area contributed by atoms with Gasteiger partial charge in [-0.05, 0) is 72.6 Å². The summed E-state index contributed by atoms with van der Waals surface area (Å²) in [7, 11) is 0. The average Bonchev–Trinajstić information content (AvgIpc) is 2.95. The predicted octanol–water partition coefficient (Wildman–Crippen LogP) is 2.52. The molecule has 0 radical (unpaired) electrons. The summed E-state index contributed by atoms with van der Waals surface area (Å²) in [5.41, 5.74) is 0.772. The molecular weight excluding hydrogens is 194 g/mol. The first-order valence-corrected chi connectivity index (χ1v) is 7.58. The van der Waals surface area contributed by atoms with Crippen LogP contribution in [0.1, 0.15) is 33.1 Å². The van der Waals surface area contributed by atoms with Crippen LogP contribution in [0.3, 0.4) is 0 Å². The third-order valence-electron chi connectivity index (χ3n) is 7.75. The molecule has 6 aliphatic carbocycles. The van der Waals surface area contributed by atoms with E-state index in [2.05, 4.69) is 19.2 Å². The molecule has 6 bridgehead atoms. The minimum atomic E-state index is 0.772. The van der Waals surface area contributed by atoms with Crippen LogP contribution in [0.5, 0.6) is 0 Å². The molecule has 1 nitrogen and oxygen atoms in total. The van der Waals surface area contributed by atoms with Crippen molar-refractivity contribution >= 4 is 0 Å². The standard InChI is InChI=1S/C15H23N/c1-3-15-10-6-8-7-5-9(13(8)15)12(11(7)10)14(15)16-4-2/h7-14,16H,3-6H2,1-2H3/t7?,8?,9-,10?,11?,12-,13-,14+,15?/m1/s1. The molecule has 9 atom stereocenters. The predicted molar refractivity (Wildman–Crippen MR) is 63.9 cm³/mol. The van der Waals surface area contributed by atoms with Crippen LogP contribution in [-0.4, -0.2) is 12.6 Å². The third kappa shape index (κ3) is 0.573. The van der Waals surface area contributed by atoms with Gasteiger partial charge in [-0.2, -0.15) is 0 Å². The minimum absolute atomic E-state index is 0.772. The zero-order valence-corrected chi connectivity index (χ0v) is 10.4. The molecule has 16 heavy (non-hydrogen) atoms. The number of hydrogen-bond donors (Lipinski definition) is 1. The van der Waals surface area contributed by atoms with Crippen LogP contribution in [0.25, 0.3) is 0 Å². The Labute approximate surface area is 98.4 Å². The number of hydrogen-bond acceptors (Lipinski definition) is 1. The molecule has 6 rings (SSSR count). The van der Waals surface area contributed by atoms with Crippen molar-refractivity contribution in [2.24, 2.45) is 46.8 Å². The molecule has 5 unspecified atom stereocenters. The van der Waals surface area contributed by atoms with Crippen molar-refractivity contribution in [3.05, 3.63) is 0 Å². The van der Waals surface area contributed by atoms with Gasteiger partial charge in [0.15, 0.2) is 0 Å². The van der Waals surface area contributed by atoms with E-state index in [-0.39, 0.29) is 0 Å². The van der Waals surface area contributed by atoms with Crippen LogP contribution in [-0.2, 0) is 0 Å². The van der Waals surface area contributed by atoms with Gasteiger partial charge in [0.05, 0.1) is 0 Å². The highest BCUT2D eigenvalue weighted by molar-refractivity contribution is 5.34. The molecule has 0 aliphatic heterocycles. The Balaban J connectivity index is 1.71. The second kappa shape index (κ2) is 2.39. The molecule has 0 spiro atoms. The normalized spacial score (nSPS) is 71.6. The summed E-state index contributed by atoms with van der Waals surface area (Å²) in [6, 6.07) is 0.921. The Hall–Kier alpha value is -0.0400. The summed E-state index contributed by atoms with van der Waals surface area (Å²) in [6.07, 6.45) is 4.72. The molecule has 0 amide bonds. The van der Waals surface area contributed by atoms with Gasteiger partial charge in [0, 0.05) is 6.04 Å². The fourth-order valence-corrected chi connectivity index (χ4v) is 8.12. The Bertz CT molecular complexity index is 364. The Morgan fingerprint density at radius 1 is 1.06 bits per heavy atom. The summed E-state index contributed by atoms with van der Waals surface area (Å²) in [6.45, 7) is 5.98. The van der Waals surface area contributed by atoms with Crippen molar-refractivity contribution in [1.82, 2.24) is 5.32 Å². The van der Waals surface area contributed by atoms with Gasteiger partial charge in [-0.1, -0.05) is 13.8 Å². The molecule has 1 N–H and O–H groups in total. The Kier molecular flexibility index (Phi) is 1.34. The molecule has 6 aliphatic rings. The van der Waals surface area contributed by atoms with E-state index in [4.69, 9.17) is 0 Å². The van der Waals surface area contributed by atoms with Crippen LogP contribution >= 0.6 is 0 Å². The van der Waals surface area contributed by atoms with Crippen LogP contribution in [0.15, 0.2) is 0 Å². The highest BCUT2D eigenvalue weighted by Gasteiger charge is 2.85. The highest BCUT2D eigenvalue weighted by Crippen LogP contribution is 2.87. The summed E-state index contributed by atoms with van der Waals surface area (Å²) in [5.74, 6) is 8.11. The largest absolute Gasteiger partial charge is 0.313 e. The van der Waals surface area contributed by atoms with E-state index < -0.39 is 0 Å². The van der Waals surface area contributed by atoms with E-state index in [1.54, 1.807) is 12.8 Å². The van der Waals surface area contributed by atoms with E-state index in [0.29, 0.717) is 0 Å².